The fourth-order valence-electron chi connectivity index (χ4n) is 2.61. The van der Waals surface area contributed by atoms with E-state index in [0.717, 1.165) is 6.42 Å². The molecule has 0 bridgehead atoms. The van der Waals surface area contributed by atoms with Crippen LogP contribution < -0.4 is 0 Å². The number of nitro benzene ring substituents is 1. The highest BCUT2D eigenvalue weighted by molar-refractivity contribution is 5.79. The molecule has 6 heteroatoms. The molecule has 1 aliphatic heterocycles. The minimum Gasteiger partial charge on any atom is -0.391 e. The number of nitro groups is 1. The van der Waals surface area contributed by atoms with Crippen molar-refractivity contribution in [1.82, 2.24) is 4.90 Å². The van der Waals surface area contributed by atoms with E-state index in [2.05, 4.69) is 0 Å². The molecule has 0 aromatic heterocycles. The number of β-amino-alcohol motifs (C(OH)–C–C–N with tert-alkyl or cyclic N) is 1. The van der Waals surface area contributed by atoms with Crippen molar-refractivity contribution in [2.24, 2.45) is 5.92 Å². The largest absolute Gasteiger partial charge is 0.391 e. The molecule has 1 aromatic rings. The maximum atomic E-state index is 12.3. The first kappa shape index (κ1) is 15.4. The Labute approximate surface area is 123 Å². The van der Waals surface area contributed by atoms with Crippen molar-refractivity contribution >= 4 is 11.6 Å². The van der Waals surface area contributed by atoms with Crippen LogP contribution in [-0.4, -0.2) is 40.0 Å². The molecular formula is C15H20N2O4. The molecule has 1 N–H and O–H groups in total. The summed E-state index contributed by atoms with van der Waals surface area (Å²) in [6.07, 6.45) is 0.420. The predicted molar refractivity (Wildman–Crippen MR) is 77.9 cm³/mol. The Bertz CT molecular complexity index is 559. The van der Waals surface area contributed by atoms with Crippen molar-refractivity contribution in [3.63, 3.8) is 0 Å². The number of likely N-dealkylation sites (tertiary alicyclic amines) is 1. The summed E-state index contributed by atoms with van der Waals surface area (Å²) in [5.74, 6) is 0.109. The van der Waals surface area contributed by atoms with Gasteiger partial charge in [0.25, 0.3) is 5.69 Å². The number of hydrogen-bond donors (Lipinski definition) is 1. The number of carbonyl (C=O) groups is 1. The molecule has 0 aliphatic carbocycles. The molecule has 1 fully saturated rings. The van der Waals surface area contributed by atoms with Crippen LogP contribution in [0.15, 0.2) is 18.2 Å². The fraction of sp³-hybridized carbons (Fsp3) is 0.533. The van der Waals surface area contributed by atoms with Gasteiger partial charge in [-0.1, -0.05) is 19.1 Å². The van der Waals surface area contributed by atoms with Crippen molar-refractivity contribution in [2.45, 2.75) is 32.8 Å². The van der Waals surface area contributed by atoms with Crippen LogP contribution in [0.1, 0.15) is 24.5 Å². The molecule has 1 aliphatic rings. The Morgan fingerprint density at radius 3 is 2.86 bits per heavy atom. The molecule has 1 saturated heterocycles. The predicted octanol–water partition coefficient (Wildman–Crippen LogP) is 1.68. The molecule has 1 heterocycles. The van der Waals surface area contributed by atoms with Gasteiger partial charge in [-0.2, -0.15) is 0 Å². The second-order valence-electron chi connectivity index (χ2n) is 5.67. The summed E-state index contributed by atoms with van der Waals surface area (Å²) < 4.78 is 0. The zero-order valence-corrected chi connectivity index (χ0v) is 12.3. The number of aliphatic hydroxyl groups is 1. The van der Waals surface area contributed by atoms with Crippen molar-refractivity contribution in [1.29, 1.82) is 0 Å². The number of aliphatic hydroxyl groups excluding tert-OH is 1. The zero-order valence-electron chi connectivity index (χ0n) is 12.3. The van der Waals surface area contributed by atoms with Gasteiger partial charge in [0.05, 0.1) is 17.4 Å². The number of hydrogen-bond acceptors (Lipinski definition) is 4. The van der Waals surface area contributed by atoms with Gasteiger partial charge in [-0.3, -0.25) is 14.9 Å². The van der Waals surface area contributed by atoms with Gasteiger partial charge >= 0.3 is 0 Å². The highest BCUT2D eigenvalue weighted by Crippen LogP contribution is 2.23. The van der Waals surface area contributed by atoms with Gasteiger partial charge < -0.3 is 10.0 Å². The average Bonchev–Trinajstić information content (AvgIpc) is 2.43. The molecule has 2 unspecified atom stereocenters. The van der Waals surface area contributed by atoms with Gasteiger partial charge in [0.1, 0.15) is 0 Å². The number of carbonyl (C=O) groups excluding carboxylic acids is 1. The van der Waals surface area contributed by atoms with Crippen LogP contribution in [0.4, 0.5) is 5.69 Å². The number of amides is 1. The van der Waals surface area contributed by atoms with E-state index in [0.29, 0.717) is 24.2 Å². The fourth-order valence-corrected chi connectivity index (χ4v) is 2.61. The quantitative estimate of drug-likeness (QED) is 0.678. The maximum Gasteiger partial charge on any atom is 0.272 e. The van der Waals surface area contributed by atoms with E-state index in [9.17, 15) is 20.0 Å². The monoisotopic (exact) mass is 292 g/mol. The van der Waals surface area contributed by atoms with Crippen LogP contribution in [0.3, 0.4) is 0 Å². The first-order chi connectivity index (χ1) is 9.90. The lowest BCUT2D eigenvalue weighted by molar-refractivity contribution is -0.385. The van der Waals surface area contributed by atoms with Gasteiger partial charge in [-0.25, -0.2) is 0 Å². The average molecular weight is 292 g/mol. The van der Waals surface area contributed by atoms with E-state index in [1.165, 1.54) is 6.07 Å². The number of rotatable bonds is 3. The second-order valence-corrected chi connectivity index (χ2v) is 5.67. The smallest absolute Gasteiger partial charge is 0.272 e. The molecule has 1 aromatic carbocycles. The first-order valence-corrected chi connectivity index (χ1v) is 7.09. The van der Waals surface area contributed by atoms with E-state index >= 15 is 0 Å². The van der Waals surface area contributed by atoms with Gasteiger partial charge in [-0.05, 0) is 24.8 Å². The Morgan fingerprint density at radius 2 is 2.24 bits per heavy atom. The first-order valence-electron chi connectivity index (χ1n) is 7.09. The van der Waals surface area contributed by atoms with Gasteiger partial charge in [0, 0.05) is 24.7 Å². The summed E-state index contributed by atoms with van der Waals surface area (Å²) in [4.78, 5) is 24.4. The molecule has 0 spiro atoms. The lowest BCUT2D eigenvalue weighted by Crippen LogP contribution is -2.46. The summed E-state index contributed by atoms with van der Waals surface area (Å²) in [6, 6.07) is 4.78. The van der Waals surface area contributed by atoms with Crippen LogP contribution in [-0.2, 0) is 11.2 Å². The molecule has 1 amide bonds. The van der Waals surface area contributed by atoms with Gasteiger partial charge in [0.2, 0.25) is 5.91 Å². The summed E-state index contributed by atoms with van der Waals surface area (Å²) in [5, 5.41) is 20.8. The Hall–Kier alpha value is -1.95. The molecule has 2 rings (SSSR count). The number of benzene rings is 1. The molecule has 0 saturated carbocycles. The normalized spacial score (nSPS) is 22.1. The minimum absolute atomic E-state index is 0.0348. The van der Waals surface area contributed by atoms with E-state index in [1.54, 1.807) is 24.0 Å². The summed E-state index contributed by atoms with van der Waals surface area (Å²) >= 11 is 0. The minimum atomic E-state index is -0.492. The van der Waals surface area contributed by atoms with Crippen LogP contribution in [0.2, 0.25) is 0 Å². The SMILES string of the molecule is Cc1c(CC(=O)N2CCC(C)C(O)C2)cccc1[N+](=O)[O-]. The molecule has 114 valence electrons. The zero-order chi connectivity index (χ0) is 15.6. The van der Waals surface area contributed by atoms with Crippen molar-refractivity contribution in [3.05, 3.63) is 39.4 Å². The topological polar surface area (TPSA) is 83.7 Å². The third kappa shape index (κ3) is 3.39. The summed E-state index contributed by atoms with van der Waals surface area (Å²) in [5.41, 5.74) is 1.23. The van der Waals surface area contributed by atoms with Crippen LogP contribution in [0.25, 0.3) is 0 Å². The number of piperidine rings is 1. The standard InChI is InChI=1S/C15H20N2O4/c1-10-6-7-16(9-14(10)18)15(19)8-12-4-3-5-13(11(12)2)17(20)21/h3-5,10,14,18H,6-9H2,1-2H3. The molecule has 0 radical (unpaired) electrons. The Morgan fingerprint density at radius 1 is 1.52 bits per heavy atom. The summed E-state index contributed by atoms with van der Waals surface area (Å²) in [7, 11) is 0. The Kier molecular flexibility index (Phi) is 4.57. The lowest BCUT2D eigenvalue weighted by Gasteiger charge is -2.34. The highest BCUT2D eigenvalue weighted by atomic mass is 16.6. The third-order valence-electron chi connectivity index (χ3n) is 4.23. The third-order valence-corrected chi connectivity index (χ3v) is 4.23. The molecular weight excluding hydrogens is 272 g/mol. The van der Waals surface area contributed by atoms with Crippen LogP contribution >= 0.6 is 0 Å². The highest BCUT2D eigenvalue weighted by Gasteiger charge is 2.27. The van der Waals surface area contributed by atoms with Crippen LogP contribution in [0, 0.1) is 23.0 Å². The Balaban J connectivity index is 2.10. The van der Waals surface area contributed by atoms with Gasteiger partial charge in [-0.15, -0.1) is 0 Å². The van der Waals surface area contributed by atoms with E-state index in [4.69, 9.17) is 0 Å². The van der Waals surface area contributed by atoms with E-state index in [1.807, 2.05) is 6.92 Å². The summed E-state index contributed by atoms with van der Waals surface area (Å²) in [6.45, 7) is 4.60. The van der Waals surface area contributed by atoms with E-state index < -0.39 is 11.0 Å². The second kappa shape index (κ2) is 6.22. The van der Waals surface area contributed by atoms with Crippen molar-refractivity contribution in [3.8, 4) is 0 Å². The van der Waals surface area contributed by atoms with Crippen molar-refractivity contribution < 1.29 is 14.8 Å². The van der Waals surface area contributed by atoms with Crippen LogP contribution in [0.5, 0.6) is 0 Å². The molecule has 6 nitrogen and oxygen atoms in total. The lowest BCUT2D eigenvalue weighted by atomic mass is 9.95. The van der Waals surface area contributed by atoms with E-state index in [-0.39, 0.29) is 23.9 Å². The molecule has 21 heavy (non-hydrogen) atoms. The van der Waals surface area contributed by atoms with Gasteiger partial charge in [0.15, 0.2) is 0 Å². The van der Waals surface area contributed by atoms with Crippen molar-refractivity contribution in [2.75, 3.05) is 13.1 Å². The maximum absolute atomic E-state index is 12.3. The molecule has 2 atom stereocenters. The number of nitrogens with zero attached hydrogens (tertiary/aromatic N) is 2.